The Hall–Kier alpha value is -2.31. The van der Waals surface area contributed by atoms with Gasteiger partial charge in [-0.3, -0.25) is 4.79 Å². The summed E-state index contributed by atoms with van der Waals surface area (Å²) in [5, 5.41) is 6.27. The molecule has 0 saturated heterocycles. The highest BCUT2D eigenvalue weighted by atomic mass is 35.5. The molecule has 0 aliphatic heterocycles. The number of ether oxygens (including phenoxy) is 2. The molecule has 138 valence electrons. The van der Waals surface area contributed by atoms with Crippen LogP contribution in [0, 0.1) is 6.92 Å². The van der Waals surface area contributed by atoms with Gasteiger partial charge in [0.25, 0.3) is 0 Å². The number of aryl methyl sites for hydroxylation is 1. The van der Waals surface area contributed by atoms with Gasteiger partial charge in [0, 0.05) is 11.4 Å². The summed E-state index contributed by atoms with van der Waals surface area (Å²) in [6.07, 6.45) is 0.892. The predicted molar refractivity (Wildman–Crippen MR) is 108 cm³/mol. The fourth-order valence-electron chi connectivity index (χ4n) is 2.18. The summed E-state index contributed by atoms with van der Waals surface area (Å²) in [7, 11) is 1.55. The molecule has 2 aromatic carbocycles. The predicted octanol–water partition coefficient (Wildman–Crippen LogP) is 4.33. The van der Waals surface area contributed by atoms with Crippen molar-refractivity contribution in [3.05, 3.63) is 53.1 Å². The van der Waals surface area contributed by atoms with Gasteiger partial charge in [0.1, 0.15) is 11.5 Å². The summed E-state index contributed by atoms with van der Waals surface area (Å²) in [6.45, 7) is 2.48. The van der Waals surface area contributed by atoms with Crippen LogP contribution >= 0.6 is 23.8 Å². The molecule has 0 atom stereocenters. The minimum absolute atomic E-state index is 0.184. The van der Waals surface area contributed by atoms with Gasteiger partial charge in [0.05, 0.1) is 19.4 Å². The van der Waals surface area contributed by atoms with E-state index in [-0.39, 0.29) is 11.0 Å². The minimum Gasteiger partial charge on any atom is -0.495 e. The maximum absolute atomic E-state index is 12.0. The zero-order chi connectivity index (χ0) is 18.9. The van der Waals surface area contributed by atoms with Crippen molar-refractivity contribution in [3.8, 4) is 11.5 Å². The van der Waals surface area contributed by atoms with Gasteiger partial charge < -0.3 is 20.1 Å². The van der Waals surface area contributed by atoms with E-state index in [4.69, 9.17) is 33.3 Å². The molecule has 0 fully saturated rings. The molecule has 0 aromatic heterocycles. The number of amides is 1. The molecule has 0 spiro atoms. The number of nitrogens with one attached hydrogen (secondary N) is 2. The van der Waals surface area contributed by atoms with Crippen molar-refractivity contribution in [2.24, 2.45) is 0 Å². The van der Waals surface area contributed by atoms with E-state index in [0.29, 0.717) is 35.9 Å². The van der Waals surface area contributed by atoms with Crippen molar-refractivity contribution in [3.63, 3.8) is 0 Å². The molecule has 0 aliphatic carbocycles. The van der Waals surface area contributed by atoms with Crippen LogP contribution in [-0.4, -0.2) is 24.7 Å². The Labute approximate surface area is 163 Å². The zero-order valence-corrected chi connectivity index (χ0v) is 16.2. The third kappa shape index (κ3) is 6.54. The van der Waals surface area contributed by atoms with Crippen molar-refractivity contribution in [1.29, 1.82) is 0 Å². The van der Waals surface area contributed by atoms with E-state index in [2.05, 4.69) is 10.6 Å². The third-order valence-electron chi connectivity index (χ3n) is 3.50. The van der Waals surface area contributed by atoms with Crippen LogP contribution < -0.4 is 20.1 Å². The normalized spacial score (nSPS) is 10.1. The number of anilines is 1. The number of thiocarbonyl (C=S) groups is 1. The van der Waals surface area contributed by atoms with Crippen LogP contribution in [0.25, 0.3) is 0 Å². The molecule has 2 N–H and O–H groups in total. The monoisotopic (exact) mass is 392 g/mol. The van der Waals surface area contributed by atoms with E-state index in [1.807, 2.05) is 31.2 Å². The highest BCUT2D eigenvalue weighted by Gasteiger charge is 2.09. The van der Waals surface area contributed by atoms with E-state index in [0.717, 1.165) is 5.75 Å². The molecule has 2 aromatic rings. The van der Waals surface area contributed by atoms with Gasteiger partial charge in [-0.2, -0.15) is 0 Å². The van der Waals surface area contributed by atoms with Gasteiger partial charge in [-0.15, -0.1) is 0 Å². The van der Waals surface area contributed by atoms with Crippen molar-refractivity contribution < 1.29 is 14.3 Å². The van der Waals surface area contributed by atoms with E-state index < -0.39 is 0 Å². The lowest BCUT2D eigenvalue weighted by Crippen LogP contribution is -2.34. The molecule has 0 aliphatic rings. The van der Waals surface area contributed by atoms with Crippen molar-refractivity contribution in [2.75, 3.05) is 19.0 Å². The summed E-state index contributed by atoms with van der Waals surface area (Å²) in [4.78, 5) is 12.0. The van der Waals surface area contributed by atoms with Crippen LogP contribution in [0.2, 0.25) is 5.02 Å². The summed E-state index contributed by atoms with van der Waals surface area (Å²) in [5.74, 6) is 1.19. The van der Waals surface area contributed by atoms with E-state index in [9.17, 15) is 4.79 Å². The van der Waals surface area contributed by atoms with Gasteiger partial charge in [0.2, 0.25) is 5.91 Å². The number of halogens is 1. The van der Waals surface area contributed by atoms with Gasteiger partial charge in [-0.25, -0.2) is 0 Å². The Balaban J connectivity index is 1.72. The van der Waals surface area contributed by atoms with E-state index in [1.54, 1.807) is 25.3 Å². The second kappa shape index (κ2) is 9.99. The zero-order valence-electron chi connectivity index (χ0n) is 14.7. The quantitative estimate of drug-likeness (QED) is 0.542. The number of rotatable bonds is 7. The van der Waals surface area contributed by atoms with Crippen LogP contribution in [-0.2, 0) is 4.79 Å². The fourth-order valence-corrected chi connectivity index (χ4v) is 2.57. The maximum atomic E-state index is 12.0. The Morgan fingerprint density at radius 3 is 2.62 bits per heavy atom. The molecule has 0 heterocycles. The first-order chi connectivity index (χ1) is 12.5. The third-order valence-corrected chi connectivity index (χ3v) is 3.94. The highest BCUT2D eigenvalue weighted by Crippen LogP contribution is 2.27. The highest BCUT2D eigenvalue weighted by molar-refractivity contribution is 7.80. The van der Waals surface area contributed by atoms with Gasteiger partial charge in [-0.05, 0) is 55.9 Å². The molecule has 7 heteroatoms. The summed E-state index contributed by atoms with van der Waals surface area (Å²) < 4.78 is 10.8. The fraction of sp³-hybridized carbons (Fsp3) is 0.263. The van der Waals surface area contributed by atoms with Crippen LogP contribution in [0.1, 0.15) is 18.4 Å². The Kier molecular flexibility index (Phi) is 7.69. The molecule has 5 nitrogen and oxygen atoms in total. The standard InChI is InChI=1S/C19H21ClN2O3S/c1-13-5-8-15(9-6-13)25-11-3-4-18(23)22-19(26)21-16-12-14(20)7-10-17(16)24-2/h5-10,12H,3-4,11H2,1-2H3,(H2,21,22,23,26). The van der Waals surface area contributed by atoms with Crippen molar-refractivity contribution in [2.45, 2.75) is 19.8 Å². The average Bonchev–Trinajstić information content (AvgIpc) is 2.60. The summed E-state index contributed by atoms with van der Waals surface area (Å²) in [5.41, 5.74) is 1.77. The number of carbonyl (C=O) groups excluding carboxylic acids is 1. The van der Waals surface area contributed by atoms with Crippen molar-refractivity contribution >= 4 is 40.5 Å². The molecule has 0 bridgehead atoms. The summed E-state index contributed by atoms with van der Waals surface area (Å²) >= 11 is 11.1. The molecule has 0 saturated carbocycles. The molecule has 26 heavy (non-hydrogen) atoms. The smallest absolute Gasteiger partial charge is 0.226 e. The van der Waals surface area contributed by atoms with Gasteiger partial charge >= 0.3 is 0 Å². The lowest BCUT2D eigenvalue weighted by molar-refractivity contribution is -0.119. The van der Waals surface area contributed by atoms with Crippen LogP contribution in [0.3, 0.4) is 0 Å². The average molecular weight is 393 g/mol. The lowest BCUT2D eigenvalue weighted by Gasteiger charge is -2.13. The number of benzene rings is 2. The van der Waals surface area contributed by atoms with Crippen LogP contribution in [0.5, 0.6) is 11.5 Å². The minimum atomic E-state index is -0.184. The largest absolute Gasteiger partial charge is 0.495 e. The molecular formula is C19H21ClN2O3S. The molecule has 1 amide bonds. The van der Waals surface area contributed by atoms with Gasteiger partial charge in [0.15, 0.2) is 5.11 Å². The number of hydrogen-bond acceptors (Lipinski definition) is 4. The van der Waals surface area contributed by atoms with Crippen molar-refractivity contribution in [1.82, 2.24) is 5.32 Å². The van der Waals surface area contributed by atoms with E-state index in [1.165, 1.54) is 5.56 Å². The Morgan fingerprint density at radius 2 is 1.92 bits per heavy atom. The maximum Gasteiger partial charge on any atom is 0.226 e. The van der Waals surface area contributed by atoms with Crippen LogP contribution in [0.15, 0.2) is 42.5 Å². The topological polar surface area (TPSA) is 59.6 Å². The molecule has 0 unspecified atom stereocenters. The first-order valence-electron chi connectivity index (χ1n) is 8.12. The number of methoxy groups -OCH3 is 1. The second-order valence-electron chi connectivity index (χ2n) is 5.61. The molecule has 2 rings (SSSR count). The second-order valence-corrected chi connectivity index (χ2v) is 6.46. The molecular weight excluding hydrogens is 372 g/mol. The van der Waals surface area contributed by atoms with E-state index >= 15 is 0 Å². The molecule has 0 radical (unpaired) electrons. The first kappa shape index (κ1) is 20.0. The first-order valence-corrected chi connectivity index (χ1v) is 8.90. The van der Waals surface area contributed by atoms with Crippen LogP contribution in [0.4, 0.5) is 5.69 Å². The lowest BCUT2D eigenvalue weighted by atomic mass is 10.2. The Morgan fingerprint density at radius 1 is 1.19 bits per heavy atom. The number of carbonyl (C=O) groups is 1. The number of hydrogen-bond donors (Lipinski definition) is 2. The Bertz CT molecular complexity index is 766. The van der Waals surface area contributed by atoms with Gasteiger partial charge in [-0.1, -0.05) is 29.3 Å². The summed E-state index contributed by atoms with van der Waals surface area (Å²) in [6, 6.07) is 12.9. The SMILES string of the molecule is COc1ccc(Cl)cc1NC(=S)NC(=O)CCCOc1ccc(C)cc1.